The highest BCUT2D eigenvalue weighted by Crippen LogP contribution is 2.36. The van der Waals surface area contributed by atoms with Crippen molar-refractivity contribution in [3.63, 3.8) is 0 Å². The summed E-state index contributed by atoms with van der Waals surface area (Å²) in [6.07, 6.45) is 2.15. The van der Waals surface area contributed by atoms with Gasteiger partial charge in [-0.2, -0.15) is 0 Å². The van der Waals surface area contributed by atoms with Crippen LogP contribution in [0.1, 0.15) is 32.8 Å². The van der Waals surface area contributed by atoms with Gasteiger partial charge in [-0.15, -0.1) is 0 Å². The summed E-state index contributed by atoms with van der Waals surface area (Å²) in [5, 5.41) is 9.32. The van der Waals surface area contributed by atoms with Gasteiger partial charge in [0.2, 0.25) is 0 Å². The van der Waals surface area contributed by atoms with Crippen LogP contribution < -0.4 is 4.90 Å². The van der Waals surface area contributed by atoms with E-state index in [0.29, 0.717) is 12.5 Å². The van der Waals surface area contributed by atoms with E-state index in [1.807, 2.05) is 0 Å². The molecular formula is C15H23NO. The zero-order valence-electron chi connectivity index (χ0n) is 11.1. The van der Waals surface area contributed by atoms with Gasteiger partial charge in [0.25, 0.3) is 0 Å². The fourth-order valence-electron chi connectivity index (χ4n) is 2.88. The molecule has 0 bridgehead atoms. The molecule has 94 valence electrons. The molecule has 1 atom stereocenters. The summed E-state index contributed by atoms with van der Waals surface area (Å²) in [4.78, 5) is 2.42. The molecule has 1 unspecified atom stereocenters. The van der Waals surface area contributed by atoms with Crippen molar-refractivity contribution in [2.24, 2.45) is 5.92 Å². The Kier molecular flexibility index (Phi) is 3.43. The van der Waals surface area contributed by atoms with Crippen molar-refractivity contribution in [3.05, 3.63) is 29.8 Å². The topological polar surface area (TPSA) is 23.5 Å². The minimum absolute atomic E-state index is 0.154. The molecule has 17 heavy (non-hydrogen) atoms. The average Bonchev–Trinajstić information content (AvgIpc) is 2.64. The third kappa shape index (κ3) is 2.47. The number of nitrogens with zero attached hydrogens (tertiary/aromatic N) is 1. The summed E-state index contributed by atoms with van der Waals surface area (Å²) in [7, 11) is 0. The van der Waals surface area contributed by atoms with E-state index in [0.717, 1.165) is 19.4 Å². The fourth-order valence-corrected chi connectivity index (χ4v) is 2.88. The van der Waals surface area contributed by atoms with Crippen LogP contribution in [0.25, 0.3) is 0 Å². The number of hydrogen-bond acceptors (Lipinski definition) is 2. The van der Waals surface area contributed by atoms with Crippen molar-refractivity contribution < 1.29 is 5.11 Å². The van der Waals surface area contributed by atoms with Gasteiger partial charge in [0.1, 0.15) is 0 Å². The lowest BCUT2D eigenvalue weighted by Crippen LogP contribution is -2.38. The number of anilines is 1. The largest absolute Gasteiger partial charge is 0.396 e. The number of benzene rings is 1. The summed E-state index contributed by atoms with van der Waals surface area (Å²) in [5.74, 6) is 0.413. The molecule has 0 spiro atoms. The first-order chi connectivity index (χ1) is 8.06. The molecule has 1 heterocycles. The molecule has 1 aromatic rings. The third-order valence-electron chi connectivity index (χ3n) is 3.87. The summed E-state index contributed by atoms with van der Waals surface area (Å²) in [6.45, 7) is 7.96. The molecule has 2 heteroatoms. The maximum Gasteiger partial charge on any atom is 0.0477 e. The highest BCUT2D eigenvalue weighted by atomic mass is 16.3. The lowest BCUT2D eigenvalue weighted by molar-refractivity contribution is 0.232. The Labute approximate surface area is 104 Å². The van der Waals surface area contributed by atoms with Gasteiger partial charge < -0.3 is 10.0 Å². The van der Waals surface area contributed by atoms with Gasteiger partial charge >= 0.3 is 0 Å². The second kappa shape index (κ2) is 4.69. The Morgan fingerprint density at radius 3 is 2.41 bits per heavy atom. The predicted molar refractivity (Wildman–Crippen MR) is 72.4 cm³/mol. The zero-order chi connectivity index (χ0) is 12.5. The van der Waals surface area contributed by atoms with Crippen molar-refractivity contribution in [2.45, 2.75) is 39.2 Å². The van der Waals surface area contributed by atoms with Crippen LogP contribution in [-0.2, 0) is 6.42 Å². The maximum absolute atomic E-state index is 9.32. The Balaban J connectivity index is 2.20. The minimum Gasteiger partial charge on any atom is -0.396 e. The molecular weight excluding hydrogens is 210 g/mol. The molecule has 1 saturated heterocycles. The number of rotatable bonds is 3. The van der Waals surface area contributed by atoms with E-state index in [2.05, 4.69) is 49.9 Å². The molecule has 1 fully saturated rings. The van der Waals surface area contributed by atoms with Crippen molar-refractivity contribution in [1.82, 2.24) is 0 Å². The highest BCUT2D eigenvalue weighted by Gasteiger charge is 2.37. The second-order valence-corrected chi connectivity index (χ2v) is 5.70. The molecule has 2 rings (SSSR count). The van der Waals surface area contributed by atoms with Gasteiger partial charge in [-0.1, -0.05) is 19.1 Å². The number of aryl methyl sites for hydroxylation is 1. The van der Waals surface area contributed by atoms with Crippen LogP contribution in [0.4, 0.5) is 5.69 Å². The Bertz CT molecular complexity index is 369. The summed E-state index contributed by atoms with van der Waals surface area (Å²) in [6, 6.07) is 8.83. The van der Waals surface area contributed by atoms with Crippen LogP contribution >= 0.6 is 0 Å². The van der Waals surface area contributed by atoms with E-state index in [9.17, 15) is 5.11 Å². The van der Waals surface area contributed by atoms with Gasteiger partial charge in [0, 0.05) is 30.3 Å². The average molecular weight is 233 g/mol. The fraction of sp³-hybridized carbons (Fsp3) is 0.600. The second-order valence-electron chi connectivity index (χ2n) is 5.70. The normalized spacial score (nSPS) is 23.1. The zero-order valence-corrected chi connectivity index (χ0v) is 11.1. The van der Waals surface area contributed by atoms with Gasteiger partial charge in [0.15, 0.2) is 0 Å². The Morgan fingerprint density at radius 2 is 1.94 bits per heavy atom. The van der Waals surface area contributed by atoms with Crippen LogP contribution in [-0.4, -0.2) is 23.8 Å². The van der Waals surface area contributed by atoms with Crippen molar-refractivity contribution in [2.75, 3.05) is 18.1 Å². The molecule has 0 radical (unpaired) electrons. The summed E-state index contributed by atoms with van der Waals surface area (Å²) in [5.41, 5.74) is 2.81. The number of hydrogen-bond donors (Lipinski definition) is 1. The Hall–Kier alpha value is -1.02. The summed E-state index contributed by atoms with van der Waals surface area (Å²) < 4.78 is 0. The van der Waals surface area contributed by atoms with Gasteiger partial charge in [-0.25, -0.2) is 0 Å². The van der Waals surface area contributed by atoms with Gasteiger partial charge in [0.05, 0.1) is 0 Å². The first kappa shape index (κ1) is 12.4. The molecule has 0 aromatic heterocycles. The van der Waals surface area contributed by atoms with Gasteiger partial charge in [-0.05, 0) is 44.4 Å². The maximum atomic E-state index is 9.32. The molecule has 0 saturated carbocycles. The molecule has 1 aliphatic rings. The number of aliphatic hydroxyl groups is 1. The van der Waals surface area contributed by atoms with E-state index < -0.39 is 0 Å². The molecule has 2 nitrogen and oxygen atoms in total. The summed E-state index contributed by atoms with van der Waals surface area (Å²) >= 11 is 0. The molecule has 0 amide bonds. The number of aliphatic hydroxyl groups excluding tert-OH is 1. The van der Waals surface area contributed by atoms with Crippen LogP contribution in [0.5, 0.6) is 0 Å². The molecule has 1 aromatic carbocycles. The van der Waals surface area contributed by atoms with Crippen molar-refractivity contribution >= 4 is 5.69 Å². The minimum atomic E-state index is 0.154. The molecule has 1 aliphatic heterocycles. The van der Waals surface area contributed by atoms with E-state index in [1.165, 1.54) is 11.3 Å². The van der Waals surface area contributed by atoms with Crippen LogP contribution in [0.3, 0.4) is 0 Å². The lowest BCUT2D eigenvalue weighted by atomic mass is 9.96. The molecule has 0 aliphatic carbocycles. The third-order valence-corrected chi connectivity index (χ3v) is 3.87. The molecule has 1 N–H and O–H groups in total. The van der Waals surface area contributed by atoms with E-state index in [-0.39, 0.29) is 5.54 Å². The SMILES string of the molecule is CCc1ccc(N2CC(CO)CC2(C)C)cc1. The lowest BCUT2D eigenvalue weighted by Gasteiger charge is -2.33. The van der Waals surface area contributed by atoms with E-state index >= 15 is 0 Å². The van der Waals surface area contributed by atoms with Gasteiger partial charge in [-0.3, -0.25) is 0 Å². The standard InChI is InChI=1S/C15H23NO/c1-4-12-5-7-14(8-6-12)16-10-13(11-17)9-15(16,2)3/h5-8,13,17H,4,9-11H2,1-3H3. The van der Waals surface area contributed by atoms with E-state index in [1.54, 1.807) is 0 Å². The monoisotopic (exact) mass is 233 g/mol. The first-order valence-corrected chi connectivity index (χ1v) is 6.54. The Morgan fingerprint density at radius 1 is 1.29 bits per heavy atom. The van der Waals surface area contributed by atoms with E-state index in [4.69, 9.17) is 0 Å². The quantitative estimate of drug-likeness (QED) is 0.867. The van der Waals surface area contributed by atoms with Crippen molar-refractivity contribution in [1.29, 1.82) is 0 Å². The highest BCUT2D eigenvalue weighted by molar-refractivity contribution is 5.51. The van der Waals surface area contributed by atoms with Crippen LogP contribution in [0.2, 0.25) is 0 Å². The first-order valence-electron chi connectivity index (χ1n) is 6.54. The predicted octanol–water partition coefficient (Wildman–Crippen LogP) is 2.85. The smallest absolute Gasteiger partial charge is 0.0477 e. The van der Waals surface area contributed by atoms with Crippen LogP contribution in [0.15, 0.2) is 24.3 Å². The van der Waals surface area contributed by atoms with Crippen LogP contribution in [0, 0.1) is 5.92 Å². The van der Waals surface area contributed by atoms with Crippen molar-refractivity contribution in [3.8, 4) is 0 Å².